The summed E-state index contributed by atoms with van der Waals surface area (Å²) in [6, 6.07) is 0.391. The van der Waals surface area contributed by atoms with Gasteiger partial charge in [-0.2, -0.15) is 0 Å². The van der Waals surface area contributed by atoms with Crippen LogP contribution in [0.3, 0.4) is 0 Å². The minimum absolute atomic E-state index is 0. The molecular weight excluding hydrogens is 260 g/mol. The van der Waals surface area contributed by atoms with E-state index >= 15 is 0 Å². The molecule has 3 fully saturated rings. The molecule has 0 radical (unpaired) electrons. The molecule has 1 saturated heterocycles. The number of halogens is 1. The predicted octanol–water partition coefficient (Wildman–Crippen LogP) is 2.35. The molecule has 4 unspecified atom stereocenters. The van der Waals surface area contributed by atoms with Crippen molar-refractivity contribution in [2.75, 3.05) is 13.1 Å². The van der Waals surface area contributed by atoms with Crippen LogP contribution in [-0.2, 0) is 4.79 Å². The normalized spacial score (nSPS) is 35.7. The number of piperidine rings is 1. The molecule has 0 spiro atoms. The number of nitrogens with one attached hydrogen (secondary N) is 2. The third-order valence-corrected chi connectivity index (χ3v) is 5.51. The van der Waals surface area contributed by atoms with Crippen LogP contribution >= 0.6 is 12.4 Å². The van der Waals surface area contributed by atoms with E-state index in [1.807, 2.05) is 0 Å². The lowest BCUT2D eigenvalue weighted by atomic mass is 9.83. The van der Waals surface area contributed by atoms with Gasteiger partial charge in [-0.05, 0) is 69.9 Å². The van der Waals surface area contributed by atoms with Gasteiger partial charge in [0.1, 0.15) is 0 Å². The molecule has 2 N–H and O–H groups in total. The number of fused-ring (bicyclic) bond motifs is 2. The van der Waals surface area contributed by atoms with Gasteiger partial charge in [-0.3, -0.25) is 4.79 Å². The minimum Gasteiger partial charge on any atom is -0.353 e. The van der Waals surface area contributed by atoms with E-state index in [-0.39, 0.29) is 18.3 Å². The Kier molecular flexibility index (Phi) is 5.13. The third kappa shape index (κ3) is 3.25. The minimum atomic E-state index is 0. The van der Waals surface area contributed by atoms with Gasteiger partial charge in [-0.25, -0.2) is 0 Å². The van der Waals surface area contributed by atoms with Crippen molar-refractivity contribution < 1.29 is 4.79 Å². The molecule has 3 aliphatic rings. The predicted molar refractivity (Wildman–Crippen MR) is 79.4 cm³/mol. The van der Waals surface area contributed by atoms with E-state index in [2.05, 4.69) is 17.6 Å². The highest BCUT2D eigenvalue weighted by Gasteiger charge is 2.42. The Bertz CT molecular complexity index is 317. The molecule has 0 aromatic carbocycles. The van der Waals surface area contributed by atoms with Crippen LogP contribution in [0.5, 0.6) is 0 Å². The van der Waals surface area contributed by atoms with Crippen LogP contribution < -0.4 is 10.6 Å². The third-order valence-electron chi connectivity index (χ3n) is 5.51. The first kappa shape index (κ1) is 15.1. The maximum atomic E-state index is 12.2. The molecule has 2 saturated carbocycles. The fourth-order valence-corrected chi connectivity index (χ4v) is 4.44. The lowest BCUT2D eigenvalue weighted by molar-refractivity contribution is -0.126. The van der Waals surface area contributed by atoms with Crippen LogP contribution in [0.4, 0.5) is 0 Å². The SMILES string of the molecule is CC(NC(=O)C1CCNCC1)C1CC2CCC1C2.Cl. The Labute approximate surface area is 122 Å². The number of rotatable bonds is 3. The van der Waals surface area contributed by atoms with Gasteiger partial charge >= 0.3 is 0 Å². The molecule has 110 valence electrons. The zero-order valence-corrected chi connectivity index (χ0v) is 12.7. The van der Waals surface area contributed by atoms with Gasteiger partial charge in [0.25, 0.3) is 0 Å². The fraction of sp³-hybridized carbons (Fsp3) is 0.933. The molecule has 1 aliphatic heterocycles. The summed E-state index contributed by atoms with van der Waals surface area (Å²) in [6.45, 7) is 4.23. The molecule has 1 heterocycles. The van der Waals surface area contributed by atoms with Gasteiger partial charge in [0.15, 0.2) is 0 Å². The summed E-state index contributed by atoms with van der Waals surface area (Å²) in [4.78, 5) is 12.2. The summed E-state index contributed by atoms with van der Waals surface area (Å²) in [6.07, 6.45) is 7.65. The largest absolute Gasteiger partial charge is 0.353 e. The highest BCUT2D eigenvalue weighted by Crippen LogP contribution is 2.49. The van der Waals surface area contributed by atoms with E-state index in [9.17, 15) is 4.79 Å². The number of carbonyl (C=O) groups is 1. The molecule has 2 aliphatic carbocycles. The van der Waals surface area contributed by atoms with Crippen LogP contribution in [0.25, 0.3) is 0 Å². The van der Waals surface area contributed by atoms with Crippen LogP contribution in [0.1, 0.15) is 45.4 Å². The maximum Gasteiger partial charge on any atom is 0.223 e. The maximum absolute atomic E-state index is 12.2. The van der Waals surface area contributed by atoms with Crippen molar-refractivity contribution in [3.8, 4) is 0 Å². The summed E-state index contributed by atoms with van der Waals surface area (Å²) < 4.78 is 0. The number of hydrogen-bond donors (Lipinski definition) is 2. The molecule has 19 heavy (non-hydrogen) atoms. The van der Waals surface area contributed by atoms with Gasteiger partial charge in [0.05, 0.1) is 0 Å². The monoisotopic (exact) mass is 286 g/mol. The van der Waals surface area contributed by atoms with Crippen molar-refractivity contribution in [3.05, 3.63) is 0 Å². The van der Waals surface area contributed by atoms with Crippen LogP contribution in [0.15, 0.2) is 0 Å². The summed E-state index contributed by atoms with van der Waals surface area (Å²) in [5.41, 5.74) is 0. The molecular formula is C15H27ClN2O. The first-order chi connectivity index (χ1) is 8.74. The molecule has 3 rings (SSSR count). The molecule has 1 amide bonds. The van der Waals surface area contributed by atoms with E-state index in [4.69, 9.17) is 0 Å². The number of carbonyl (C=O) groups excluding carboxylic acids is 1. The average molecular weight is 287 g/mol. The molecule has 4 heteroatoms. The summed E-state index contributed by atoms with van der Waals surface area (Å²) >= 11 is 0. The smallest absolute Gasteiger partial charge is 0.223 e. The zero-order valence-electron chi connectivity index (χ0n) is 11.9. The Morgan fingerprint density at radius 3 is 2.47 bits per heavy atom. The van der Waals surface area contributed by atoms with Crippen molar-refractivity contribution in [2.45, 2.75) is 51.5 Å². The molecule has 3 nitrogen and oxygen atoms in total. The Morgan fingerprint density at radius 2 is 1.89 bits per heavy atom. The van der Waals surface area contributed by atoms with Gasteiger partial charge in [0.2, 0.25) is 5.91 Å². The van der Waals surface area contributed by atoms with Gasteiger partial charge in [-0.1, -0.05) is 6.42 Å². The fourth-order valence-electron chi connectivity index (χ4n) is 4.44. The van der Waals surface area contributed by atoms with E-state index in [0.717, 1.165) is 43.7 Å². The second kappa shape index (κ2) is 6.45. The second-order valence-electron chi connectivity index (χ2n) is 6.66. The summed E-state index contributed by atoms with van der Waals surface area (Å²) in [5, 5.41) is 6.63. The van der Waals surface area contributed by atoms with Crippen LogP contribution in [0, 0.1) is 23.7 Å². The van der Waals surface area contributed by atoms with E-state index in [0.29, 0.717) is 11.9 Å². The van der Waals surface area contributed by atoms with Crippen LogP contribution in [-0.4, -0.2) is 25.0 Å². The highest BCUT2D eigenvalue weighted by atomic mass is 35.5. The lowest BCUT2D eigenvalue weighted by Crippen LogP contribution is -2.45. The standard InChI is InChI=1S/C15H26N2O.ClH/c1-10(14-9-11-2-3-13(14)8-11)17-15(18)12-4-6-16-7-5-12;/h10-14,16H,2-9H2,1H3,(H,17,18);1H. The molecule has 2 bridgehead atoms. The van der Waals surface area contributed by atoms with Crippen molar-refractivity contribution in [2.24, 2.45) is 23.7 Å². The zero-order chi connectivity index (χ0) is 12.5. The molecule has 4 atom stereocenters. The van der Waals surface area contributed by atoms with Crippen LogP contribution in [0.2, 0.25) is 0 Å². The first-order valence-electron chi connectivity index (χ1n) is 7.75. The quantitative estimate of drug-likeness (QED) is 0.836. The Morgan fingerprint density at radius 1 is 1.16 bits per heavy atom. The lowest BCUT2D eigenvalue weighted by Gasteiger charge is -2.30. The summed E-state index contributed by atoms with van der Waals surface area (Å²) in [7, 11) is 0. The Hall–Kier alpha value is -0.280. The first-order valence-corrected chi connectivity index (χ1v) is 7.75. The van der Waals surface area contributed by atoms with E-state index in [1.54, 1.807) is 0 Å². The second-order valence-corrected chi connectivity index (χ2v) is 6.66. The topological polar surface area (TPSA) is 41.1 Å². The number of amides is 1. The van der Waals surface area contributed by atoms with E-state index < -0.39 is 0 Å². The van der Waals surface area contributed by atoms with Crippen molar-refractivity contribution in [1.82, 2.24) is 10.6 Å². The van der Waals surface area contributed by atoms with Gasteiger partial charge in [-0.15, -0.1) is 12.4 Å². The van der Waals surface area contributed by atoms with E-state index in [1.165, 1.54) is 25.7 Å². The average Bonchev–Trinajstić information content (AvgIpc) is 3.02. The molecule has 0 aromatic rings. The van der Waals surface area contributed by atoms with Gasteiger partial charge in [0, 0.05) is 12.0 Å². The summed E-state index contributed by atoms with van der Waals surface area (Å²) in [5.74, 6) is 3.20. The number of hydrogen-bond acceptors (Lipinski definition) is 2. The van der Waals surface area contributed by atoms with Gasteiger partial charge < -0.3 is 10.6 Å². The highest BCUT2D eigenvalue weighted by molar-refractivity contribution is 5.85. The molecule has 0 aromatic heterocycles. The van der Waals surface area contributed by atoms with Crippen molar-refractivity contribution in [1.29, 1.82) is 0 Å². The van der Waals surface area contributed by atoms with Crippen molar-refractivity contribution >= 4 is 18.3 Å². The van der Waals surface area contributed by atoms with Crippen molar-refractivity contribution in [3.63, 3.8) is 0 Å². The Balaban J connectivity index is 0.00000133.